The maximum absolute atomic E-state index is 13.0. The molecule has 1 aliphatic heterocycles. The van der Waals surface area contributed by atoms with Crippen LogP contribution in [-0.2, 0) is 15.2 Å². The van der Waals surface area contributed by atoms with Gasteiger partial charge in [0.15, 0.2) is 0 Å². The molecule has 0 radical (unpaired) electrons. The molecule has 1 aromatic rings. The molecule has 0 bridgehead atoms. The number of alkyl halides is 3. The summed E-state index contributed by atoms with van der Waals surface area (Å²) in [6.45, 7) is 6.70. The van der Waals surface area contributed by atoms with Gasteiger partial charge in [0.05, 0.1) is 17.6 Å². The molecule has 0 aromatic heterocycles. The van der Waals surface area contributed by atoms with Gasteiger partial charge in [-0.1, -0.05) is 24.6 Å². The number of carbonyl (C=O) groups excluding carboxylic acids is 1. The molecule has 0 unspecified atom stereocenters. The number of hydrogen-bond donors (Lipinski definition) is 0. The summed E-state index contributed by atoms with van der Waals surface area (Å²) in [6, 6.07) is 5.58. The van der Waals surface area contributed by atoms with Crippen LogP contribution in [0.5, 0.6) is 0 Å². The van der Waals surface area contributed by atoms with Crippen molar-refractivity contribution >= 4 is 23.6 Å². The maximum Gasteiger partial charge on any atom is 0.416 e. The molecule has 2 aliphatic rings. The van der Waals surface area contributed by atoms with Crippen molar-refractivity contribution in [2.24, 2.45) is 0 Å². The van der Waals surface area contributed by atoms with Gasteiger partial charge in [-0.3, -0.25) is 9.69 Å². The highest BCUT2D eigenvalue weighted by atomic mass is 32.2. The monoisotopic (exact) mass is 537 g/mol. The van der Waals surface area contributed by atoms with E-state index >= 15 is 0 Å². The number of benzene rings is 1. The summed E-state index contributed by atoms with van der Waals surface area (Å²) in [4.78, 5) is 18.8. The Balaban J connectivity index is 1.33. The lowest BCUT2D eigenvalue weighted by Gasteiger charge is -2.36. The van der Waals surface area contributed by atoms with E-state index in [1.807, 2.05) is 30.4 Å². The van der Waals surface area contributed by atoms with Gasteiger partial charge in [0.1, 0.15) is 5.76 Å². The topological polar surface area (TPSA) is 36.0 Å². The number of nitrogens with zero attached hydrogens (tertiary/aromatic N) is 3. The highest BCUT2D eigenvalue weighted by Crippen LogP contribution is 2.32. The number of rotatable bonds is 11. The molecule has 0 saturated carbocycles. The van der Waals surface area contributed by atoms with Crippen molar-refractivity contribution in [1.82, 2.24) is 9.80 Å². The fourth-order valence-electron chi connectivity index (χ4n) is 4.56. The van der Waals surface area contributed by atoms with E-state index < -0.39 is 11.7 Å². The Morgan fingerprint density at radius 2 is 1.86 bits per heavy atom. The number of carbonyl (C=O) groups is 1. The Bertz CT molecular complexity index is 999. The minimum Gasteiger partial charge on any atom is -0.430 e. The molecule has 1 fully saturated rings. The Hall–Kier alpha value is -2.39. The fourth-order valence-corrected chi connectivity index (χ4v) is 4.89. The van der Waals surface area contributed by atoms with Crippen molar-refractivity contribution in [2.45, 2.75) is 45.2 Å². The van der Waals surface area contributed by atoms with E-state index in [4.69, 9.17) is 4.18 Å². The van der Waals surface area contributed by atoms with Crippen molar-refractivity contribution in [3.63, 3.8) is 0 Å². The second-order valence-electron chi connectivity index (χ2n) is 9.60. The third-order valence-electron chi connectivity index (χ3n) is 6.89. The van der Waals surface area contributed by atoms with Gasteiger partial charge in [0, 0.05) is 64.6 Å². The standard InChI is InChI=1S/C28H38F3N3O2S/c1-22-11-13-26(36-37-3)14-12-23(22)21-32(2)27(35)10-5-4-6-15-33-16-18-34(19-17-33)25-9-7-8-24(20-25)28(29,30)31/h7-9,11-12,14,20H,4-6,10,13,15-19,21H2,1-3H3. The van der Waals surface area contributed by atoms with Crippen molar-refractivity contribution in [3.8, 4) is 0 Å². The summed E-state index contributed by atoms with van der Waals surface area (Å²) in [6.07, 6.45) is 7.87. The average molecular weight is 538 g/mol. The Kier molecular flexibility index (Phi) is 11.0. The molecular weight excluding hydrogens is 499 g/mol. The lowest BCUT2D eigenvalue weighted by atomic mass is 10.1. The van der Waals surface area contributed by atoms with Crippen LogP contribution < -0.4 is 4.90 Å². The second kappa shape index (κ2) is 14.0. The predicted molar refractivity (Wildman–Crippen MR) is 145 cm³/mol. The van der Waals surface area contributed by atoms with E-state index in [1.165, 1.54) is 29.7 Å². The van der Waals surface area contributed by atoms with Crippen LogP contribution in [0.25, 0.3) is 0 Å². The lowest BCUT2D eigenvalue weighted by Crippen LogP contribution is -2.46. The minimum atomic E-state index is -4.32. The van der Waals surface area contributed by atoms with Gasteiger partial charge in [-0.2, -0.15) is 13.2 Å². The Labute approximate surface area is 223 Å². The van der Waals surface area contributed by atoms with Gasteiger partial charge in [-0.05, 0) is 61.7 Å². The third kappa shape index (κ3) is 9.14. The van der Waals surface area contributed by atoms with E-state index in [1.54, 1.807) is 11.0 Å². The second-order valence-corrected chi connectivity index (χ2v) is 10.1. The summed E-state index contributed by atoms with van der Waals surface area (Å²) in [5, 5.41) is 0. The molecule has 3 rings (SSSR count). The molecule has 5 nitrogen and oxygen atoms in total. The first kappa shape index (κ1) is 29.2. The zero-order valence-corrected chi connectivity index (χ0v) is 22.8. The Morgan fingerprint density at radius 1 is 1.11 bits per heavy atom. The zero-order valence-electron chi connectivity index (χ0n) is 22.0. The van der Waals surface area contributed by atoms with Crippen LogP contribution in [0.3, 0.4) is 0 Å². The smallest absolute Gasteiger partial charge is 0.416 e. The van der Waals surface area contributed by atoms with Crippen LogP contribution >= 0.6 is 12.0 Å². The number of likely N-dealkylation sites (N-methyl/N-ethyl adjacent to an activating group) is 1. The van der Waals surface area contributed by atoms with Crippen LogP contribution in [0.1, 0.15) is 44.6 Å². The van der Waals surface area contributed by atoms with Crippen LogP contribution in [0.2, 0.25) is 0 Å². The van der Waals surface area contributed by atoms with Crippen LogP contribution in [0.4, 0.5) is 18.9 Å². The van der Waals surface area contributed by atoms with Crippen LogP contribution in [0.15, 0.2) is 59.4 Å². The molecule has 1 amide bonds. The number of piperazine rings is 1. The number of anilines is 1. The summed E-state index contributed by atoms with van der Waals surface area (Å²) >= 11 is 1.33. The highest BCUT2D eigenvalue weighted by Gasteiger charge is 2.31. The molecule has 0 atom stereocenters. The molecule has 204 valence electrons. The first-order valence-corrected chi connectivity index (χ1v) is 14.0. The van der Waals surface area contributed by atoms with Gasteiger partial charge in [-0.25, -0.2) is 0 Å². The highest BCUT2D eigenvalue weighted by molar-refractivity contribution is 7.94. The van der Waals surface area contributed by atoms with Gasteiger partial charge in [0.25, 0.3) is 0 Å². The SMILES string of the molecule is CSOC1=CC=C(CN(C)C(=O)CCCCCN2CCN(c3cccc(C(F)(F)F)c3)CC2)C(C)=CC1. The van der Waals surface area contributed by atoms with Crippen molar-refractivity contribution in [1.29, 1.82) is 0 Å². The Morgan fingerprint density at radius 3 is 2.57 bits per heavy atom. The largest absolute Gasteiger partial charge is 0.430 e. The van der Waals surface area contributed by atoms with Gasteiger partial charge in [0.2, 0.25) is 5.91 Å². The number of amides is 1. The minimum absolute atomic E-state index is 0.150. The first-order valence-electron chi connectivity index (χ1n) is 12.8. The first-order chi connectivity index (χ1) is 17.7. The molecular formula is C28H38F3N3O2S. The van der Waals surface area contributed by atoms with E-state index in [9.17, 15) is 18.0 Å². The summed E-state index contributed by atoms with van der Waals surface area (Å²) in [7, 11) is 1.86. The molecule has 0 spiro atoms. The fraction of sp³-hybridized carbons (Fsp3) is 0.536. The molecule has 1 aliphatic carbocycles. The van der Waals surface area contributed by atoms with Crippen molar-refractivity contribution in [2.75, 3.05) is 57.5 Å². The van der Waals surface area contributed by atoms with Gasteiger partial charge in [-0.15, -0.1) is 0 Å². The number of unbranched alkanes of at least 4 members (excludes halogenated alkanes) is 2. The normalized spacial score (nSPS) is 17.0. The lowest BCUT2D eigenvalue weighted by molar-refractivity contribution is -0.137. The van der Waals surface area contributed by atoms with Gasteiger partial charge < -0.3 is 14.0 Å². The van der Waals surface area contributed by atoms with Crippen LogP contribution in [-0.4, -0.2) is 68.3 Å². The maximum atomic E-state index is 13.0. The molecule has 1 heterocycles. The number of allylic oxidation sites excluding steroid dienone is 3. The average Bonchev–Trinajstić information content (AvgIpc) is 3.05. The summed E-state index contributed by atoms with van der Waals surface area (Å²) < 4.78 is 44.5. The quantitative estimate of drug-likeness (QED) is 0.245. The van der Waals surface area contributed by atoms with E-state index in [2.05, 4.69) is 17.9 Å². The molecule has 9 heteroatoms. The predicted octanol–water partition coefficient (Wildman–Crippen LogP) is 6.30. The van der Waals surface area contributed by atoms with Crippen LogP contribution in [0, 0.1) is 0 Å². The number of halogens is 3. The molecule has 1 saturated heterocycles. The van der Waals surface area contributed by atoms with E-state index in [0.29, 0.717) is 31.7 Å². The van der Waals surface area contributed by atoms with E-state index in [-0.39, 0.29) is 5.91 Å². The summed E-state index contributed by atoms with van der Waals surface area (Å²) in [5.41, 5.74) is 2.33. The third-order valence-corrected chi connectivity index (χ3v) is 7.27. The van der Waals surface area contributed by atoms with Crippen molar-refractivity contribution in [3.05, 3.63) is 65.0 Å². The number of hydrogen-bond acceptors (Lipinski definition) is 5. The van der Waals surface area contributed by atoms with Crippen molar-refractivity contribution < 1.29 is 22.1 Å². The molecule has 1 aromatic carbocycles. The zero-order chi connectivity index (χ0) is 26.8. The summed E-state index contributed by atoms with van der Waals surface area (Å²) in [5.74, 6) is 1.06. The molecule has 0 N–H and O–H groups in total. The van der Waals surface area contributed by atoms with Gasteiger partial charge >= 0.3 is 6.18 Å². The molecule has 37 heavy (non-hydrogen) atoms. The van der Waals surface area contributed by atoms with E-state index in [0.717, 1.165) is 62.7 Å².